The SMILES string of the molecule is O=c1c2c(c3cccnc3n1-c1cccc(Cl)c1)N(c1cccc(Cl)c1)CC2. The van der Waals surface area contributed by atoms with Crippen LogP contribution in [-0.2, 0) is 6.42 Å². The second-order valence-corrected chi connectivity index (χ2v) is 7.58. The summed E-state index contributed by atoms with van der Waals surface area (Å²) in [6.45, 7) is 0.717. The molecular formula is C22H15Cl2N3O. The van der Waals surface area contributed by atoms with Crippen LogP contribution >= 0.6 is 23.2 Å². The van der Waals surface area contributed by atoms with E-state index >= 15 is 0 Å². The van der Waals surface area contributed by atoms with Gasteiger partial charge in [-0.15, -0.1) is 0 Å². The van der Waals surface area contributed by atoms with E-state index in [0.717, 1.165) is 22.3 Å². The van der Waals surface area contributed by atoms with E-state index in [4.69, 9.17) is 23.2 Å². The van der Waals surface area contributed by atoms with E-state index in [2.05, 4.69) is 9.88 Å². The van der Waals surface area contributed by atoms with Gasteiger partial charge in [-0.3, -0.25) is 9.36 Å². The Kier molecular flexibility index (Phi) is 4.11. The Balaban J connectivity index is 1.83. The lowest BCUT2D eigenvalue weighted by Crippen LogP contribution is -2.23. The van der Waals surface area contributed by atoms with E-state index in [1.807, 2.05) is 48.5 Å². The molecule has 1 aliphatic heterocycles. The van der Waals surface area contributed by atoms with Crippen molar-refractivity contribution in [3.8, 4) is 5.69 Å². The van der Waals surface area contributed by atoms with Gasteiger partial charge in [-0.05, 0) is 55.0 Å². The highest BCUT2D eigenvalue weighted by Gasteiger charge is 2.28. The van der Waals surface area contributed by atoms with Gasteiger partial charge >= 0.3 is 0 Å². The van der Waals surface area contributed by atoms with Gasteiger partial charge < -0.3 is 4.90 Å². The van der Waals surface area contributed by atoms with Crippen LogP contribution in [0.3, 0.4) is 0 Å². The molecule has 0 amide bonds. The molecule has 2 aromatic heterocycles. The van der Waals surface area contributed by atoms with Gasteiger partial charge in [0.05, 0.1) is 11.4 Å². The zero-order valence-corrected chi connectivity index (χ0v) is 16.3. The van der Waals surface area contributed by atoms with Gasteiger partial charge in [0, 0.05) is 39.4 Å². The maximum Gasteiger partial charge on any atom is 0.262 e. The highest BCUT2D eigenvalue weighted by atomic mass is 35.5. The first kappa shape index (κ1) is 17.3. The molecule has 0 saturated carbocycles. The van der Waals surface area contributed by atoms with Crippen molar-refractivity contribution < 1.29 is 0 Å². The van der Waals surface area contributed by atoms with Crippen molar-refractivity contribution in [2.24, 2.45) is 0 Å². The maximum atomic E-state index is 13.5. The van der Waals surface area contributed by atoms with E-state index in [-0.39, 0.29) is 5.56 Å². The number of hydrogen-bond acceptors (Lipinski definition) is 3. The standard InChI is InChI=1S/C22H15Cl2N3O/c23-14-4-1-6-16(12-14)26-11-9-19-20(26)18-8-3-10-25-21(18)27(22(19)28)17-7-2-5-15(24)13-17/h1-8,10,12-13H,9,11H2. The molecule has 0 bridgehead atoms. The van der Waals surface area contributed by atoms with Gasteiger partial charge in [0.15, 0.2) is 0 Å². The number of halogens is 2. The molecule has 0 spiro atoms. The van der Waals surface area contributed by atoms with Crippen LogP contribution in [0.2, 0.25) is 10.0 Å². The van der Waals surface area contributed by atoms with Crippen molar-refractivity contribution >= 4 is 45.6 Å². The molecule has 5 rings (SSSR count). The summed E-state index contributed by atoms with van der Waals surface area (Å²) in [5.41, 5.74) is 3.92. The van der Waals surface area contributed by atoms with Crippen LogP contribution in [0, 0.1) is 0 Å². The fourth-order valence-corrected chi connectivity index (χ4v) is 4.25. The average molecular weight is 408 g/mol. The Morgan fingerprint density at radius 3 is 2.36 bits per heavy atom. The zero-order valence-electron chi connectivity index (χ0n) is 14.8. The first-order valence-electron chi connectivity index (χ1n) is 8.95. The van der Waals surface area contributed by atoms with E-state index in [0.29, 0.717) is 34.3 Å². The molecule has 0 fully saturated rings. The summed E-state index contributed by atoms with van der Waals surface area (Å²) in [7, 11) is 0. The van der Waals surface area contributed by atoms with E-state index in [9.17, 15) is 4.79 Å². The molecule has 0 radical (unpaired) electrons. The van der Waals surface area contributed by atoms with Crippen molar-refractivity contribution in [2.75, 3.05) is 11.4 Å². The molecule has 0 atom stereocenters. The van der Waals surface area contributed by atoms with Crippen LogP contribution in [-0.4, -0.2) is 16.1 Å². The Morgan fingerprint density at radius 2 is 1.61 bits per heavy atom. The molecule has 0 unspecified atom stereocenters. The summed E-state index contributed by atoms with van der Waals surface area (Å²) in [5.74, 6) is 0. The van der Waals surface area contributed by atoms with Crippen molar-refractivity contribution in [3.63, 3.8) is 0 Å². The number of fused-ring (bicyclic) bond motifs is 3. The van der Waals surface area contributed by atoms with Gasteiger partial charge in [0.25, 0.3) is 5.56 Å². The third kappa shape index (κ3) is 2.68. The van der Waals surface area contributed by atoms with Gasteiger partial charge in [-0.1, -0.05) is 35.3 Å². The topological polar surface area (TPSA) is 38.1 Å². The van der Waals surface area contributed by atoms with Gasteiger partial charge in [0.2, 0.25) is 0 Å². The fourth-order valence-electron chi connectivity index (χ4n) is 3.88. The first-order chi connectivity index (χ1) is 13.6. The van der Waals surface area contributed by atoms with Crippen LogP contribution in [0.25, 0.3) is 16.7 Å². The lowest BCUT2D eigenvalue weighted by atomic mass is 10.1. The van der Waals surface area contributed by atoms with Crippen LogP contribution in [0.15, 0.2) is 71.7 Å². The maximum absolute atomic E-state index is 13.5. The summed E-state index contributed by atoms with van der Waals surface area (Å²) < 4.78 is 1.65. The lowest BCUT2D eigenvalue weighted by Gasteiger charge is -2.22. The minimum atomic E-state index is -0.0620. The monoisotopic (exact) mass is 407 g/mol. The minimum absolute atomic E-state index is 0.0620. The van der Waals surface area contributed by atoms with E-state index < -0.39 is 0 Å². The molecule has 2 aromatic carbocycles. The minimum Gasteiger partial charge on any atom is -0.340 e. The predicted octanol–water partition coefficient (Wildman–Crippen LogP) is 5.39. The molecule has 28 heavy (non-hydrogen) atoms. The smallest absolute Gasteiger partial charge is 0.262 e. The third-order valence-corrected chi connectivity index (χ3v) is 5.51. The molecule has 0 saturated heterocycles. The third-order valence-electron chi connectivity index (χ3n) is 5.04. The summed E-state index contributed by atoms with van der Waals surface area (Å²) >= 11 is 12.4. The fraction of sp³-hybridized carbons (Fsp3) is 0.0909. The summed E-state index contributed by atoms with van der Waals surface area (Å²) in [4.78, 5) is 20.1. The molecule has 0 N–H and O–H groups in total. The first-order valence-corrected chi connectivity index (χ1v) is 9.71. The average Bonchev–Trinajstić information content (AvgIpc) is 3.14. The highest BCUT2D eigenvalue weighted by Crippen LogP contribution is 2.39. The van der Waals surface area contributed by atoms with Crippen LogP contribution in [0.1, 0.15) is 5.56 Å². The van der Waals surface area contributed by atoms with Crippen LogP contribution in [0.5, 0.6) is 0 Å². The van der Waals surface area contributed by atoms with Crippen molar-refractivity contribution in [1.82, 2.24) is 9.55 Å². The number of benzene rings is 2. The van der Waals surface area contributed by atoms with Gasteiger partial charge in [-0.2, -0.15) is 0 Å². The number of anilines is 2. The molecule has 1 aliphatic rings. The second kappa shape index (κ2) is 6.66. The van der Waals surface area contributed by atoms with Crippen molar-refractivity contribution in [2.45, 2.75) is 6.42 Å². The molecular weight excluding hydrogens is 393 g/mol. The zero-order chi connectivity index (χ0) is 19.3. The number of rotatable bonds is 2. The van der Waals surface area contributed by atoms with Gasteiger partial charge in [-0.25, -0.2) is 4.98 Å². The van der Waals surface area contributed by atoms with E-state index in [1.54, 1.807) is 22.9 Å². The highest BCUT2D eigenvalue weighted by molar-refractivity contribution is 6.31. The van der Waals surface area contributed by atoms with Crippen LogP contribution < -0.4 is 10.5 Å². The van der Waals surface area contributed by atoms with Gasteiger partial charge in [0.1, 0.15) is 5.65 Å². The molecule has 0 aliphatic carbocycles. The van der Waals surface area contributed by atoms with Crippen LogP contribution in [0.4, 0.5) is 11.4 Å². The summed E-state index contributed by atoms with van der Waals surface area (Å²) in [6.07, 6.45) is 2.36. The number of aromatic nitrogens is 2. The van der Waals surface area contributed by atoms with Crippen molar-refractivity contribution in [1.29, 1.82) is 0 Å². The van der Waals surface area contributed by atoms with E-state index in [1.165, 1.54) is 0 Å². The lowest BCUT2D eigenvalue weighted by molar-refractivity contribution is 0.959. The van der Waals surface area contributed by atoms with Crippen molar-refractivity contribution in [3.05, 3.63) is 92.8 Å². The predicted molar refractivity (Wildman–Crippen MR) is 115 cm³/mol. The molecule has 4 aromatic rings. The summed E-state index contributed by atoms with van der Waals surface area (Å²) in [6, 6.07) is 18.9. The largest absolute Gasteiger partial charge is 0.340 e. The molecule has 3 heterocycles. The Labute approximate surface area is 171 Å². The molecule has 4 nitrogen and oxygen atoms in total. The molecule has 138 valence electrons. The summed E-state index contributed by atoms with van der Waals surface area (Å²) in [5, 5.41) is 2.17. The Bertz CT molecular complexity index is 1280. The normalized spacial score (nSPS) is 13.1. The molecule has 6 heteroatoms. The number of hydrogen-bond donors (Lipinski definition) is 0. The Hall–Kier alpha value is -2.82. The Morgan fingerprint density at radius 1 is 0.893 bits per heavy atom. The number of nitrogens with zero attached hydrogens (tertiary/aromatic N) is 3. The second-order valence-electron chi connectivity index (χ2n) is 6.70. The quantitative estimate of drug-likeness (QED) is 0.447. The number of pyridine rings is 2.